The van der Waals surface area contributed by atoms with E-state index in [9.17, 15) is 14.7 Å². The van der Waals surface area contributed by atoms with E-state index in [1.54, 1.807) is 0 Å². The highest BCUT2D eigenvalue weighted by molar-refractivity contribution is 5.83. The van der Waals surface area contributed by atoms with Gasteiger partial charge in [0, 0.05) is 25.4 Å². The maximum atomic E-state index is 11.7. The molecule has 0 radical (unpaired) electrons. The van der Waals surface area contributed by atoms with Gasteiger partial charge >= 0.3 is 5.97 Å². The van der Waals surface area contributed by atoms with E-state index in [1.807, 2.05) is 30.3 Å². The summed E-state index contributed by atoms with van der Waals surface area (Å²) in [5, 5.41) is 15.0. The summed E-state index contributed by atoms with van der Waals surface area (Å²) in [6.45, 7) is 0.605. The van der Waals surface area contributed by atoms with E-state index in [1.165, 1.54) is 12.8 Å². The van der Waals surface area contributed by atoms with Crippen molar-refractivity contribution in [2.45, 2.75) is 37.8 Å². The zero-order valence-corrected chi connectivity index (χ0v) is 11.3. The van der Waals surface area contributed by atoms with Crippen molar-refractivity contribution in [2.75, 3.05) is 6.54 Å². The van der Waals surface area contributed by atoms with E-state index in [4.69, 9.17) is 0 Å². The average Bonchev–Trinajstić information content (AvgIpc) is 3.23. The molecule has 0 saturated heterocycles. The number of aliphatic carboxylic acids is 1. The molecule has 3 N–H and O–H groups in total. The number of rotatable bonds is 8. The topological polar surface area (TPSA) is 78.4 Å². The summed E-state index contributed by atoms with van der Waals surface area (Å²) in [7, 11) is 0. The number of amides is 1. The number of carbonyl (C=O) groups excluding carboxylic acids is 1. The Kier molecular flexibility index (Phi) is 5.12. The number of benzene rings is 1. The Balaban J connectivity index is 1.78. The molecule has 5 nitrogen and oxygen atoms in total. The molecule has 2 rings (SSSR count). The Labute approximate surface area is 118 Å². The molecule has 108 valence electrons. The highest BCUT2D eigenvalue weighted by Gasteiger charge is 2.22. The van der Waals surface area contributed by atoms with Gasteiger partial charge in [0.05, 0.1) is 0 Å². The summed E-state index contributed by atoms with van der Waals surface area (Å²) in [5.41, 5.74) is 0.899. The maximum Gasteiger partial charge on any atom is 0.326 e. The Morgan fingerprint density at radius 3 is 2.55 bits per heavy atom. The monoisotopic (exact) mass is 276 g/mol. The number of hydrogen-bond acceptors (Lipinski definition) is 3. The van der Waals surface area contributed by atoms with Gasteiger partial charge in [0.15, 0.2) is 0 Å². The molecule has 0 aromatic heterocycles. The molecular weight excluding hydrogens is 256 g/mol. The Morgan fingerprint density at radius 2 is 1.95 bits per heavy atom. The van der Waals surface area contributed by atoms with E-state index in [0.717, 1.165) is 5.56 Å². The van der Waals surface area contributed by atoms with E-state index < -0.39 is 12.0 Å². The standard InChI is InChI=1S/C15H20N2O3/c18-14(8-9-16-12-6-7-12)17-13(15(19)20)10-11-4-2-1-3-5-11/h1-5,12-13,16H,6-10H2,(H,17,18)(H,19,20). The third kappa shape index (κ3) is 5.01. The van der Waals surface area contributed by atoms with Crippen molar-refractivity contribution in [1.82, 2.24) is 10.6 Å². The number of nitrogens with one attached hydrogen (secondary N) is 2. The van der Waals surface area contributed by atoms with Crippen LogP contribution in [0.2, 0.25) is 0 Å². The second kappa shape index (κ2) is 7.05. The van der Waals surface area contributed by atoms with Crippen LogP contribution in [0.4, 0.5) is 0 Å². The zero-order valence-electron chi connectivity index (χ0n) is 11.3. The maximum absolute atomic E-state index is 11.7. The lowest BCUT2D eigenvalue weighted by atomic mass is 10.1. The fraction of sp³-hybridized carbons (Fsp3) is 0.467. The van der Waals surface area contributed by atoms with Crippen LogP contribution in [0.1, 0.15) is 24.8 Å². The second-order valence-corrected chi connectivity index (χ2v) is 5.13. The van der Waals surface area contributed by atoms with Crippen LogP contribution >= 0.6 is 0 Å². The highest BCUT2D eigenvalue weighted by Crippen LogP contribution is 2.18. The van der Waals surface area contributed by atoms with E-state index in [-0.39, 0.29) is 5.91 Å². The summed E-state index contributed by atoms with van der Waals surface area (Å²) in [4.78, 5) is 22.9. The molecule has 1 aromatic rings. The van der Waals surface area contributed by atoms with Crippen LogP contribution in [0.15, 0.2) is 30.3 Å². The lowest BCUT2D eigenvalue weighted by molar-refractivity contribution is -0.141. The molecular formula is C15H20N2O3. The number of carbonyl (C=O) groups is 2. The van der Waals surface area contributed by atoms with Gasteiger partial charge in [-0.3, -0.25) is 4.79 Å². The molecule has 0 bridgehead atoms. The first-order valence-corrected chi connectivity index (χ1v) is 6.94. The molecule has 1 amide bonds. The van der Waals surface area contributed by atoms with Crippen LogP contribution in [0.3, 0.4) is 0 Å². The van der Waals surface area contributed by atoms with E-state index in [0.29, 0.717) is 25.4 Å². The summed E-state index contributed by atoms with van der Waals surface area (Å²) in [6, 6.07) is 8.99. The summed E-state index contributed by atoms with van der Waals surface area (Å²) in [5.74, 6) is -1.22. The Bertz CT molecular complexity index is 457. The van der Waals surface area contributed by atoms with Gasteiger partial charge in [-0.1, -0.05) is 30.3 Å². The van der Waals surface area contributed by atoms with Crippen molar-refractivity contribution in [2.24, 2.45) is 0 Å². The summed E-state index contributed by atoms with van der Waals surface area (Å²) >= 11 is 0. The molecule has 1 aliphatic rings. The van der Waals surface area contributed by atoms with E-state index >= 15 is 0 Å². The molecule has 0 aliphatic heterocycles. The van der Waals surface area contributed by atoms with Crippen molar-refractivity contribution in [3.8, 4) is 0 Å². The number of hydrogen-bond donors (Lipinski definition) is 3. The molecule has 1 aliphatic carbocycles. The van der Waals surface area contributed by atoms with Crippen molar-refractivity contribution < 1.29 is 14.7 Å². The number of carboxylic acid groups (broad SMARTS) is 1. The van der Waals surface area contributed by atoms with Gasteiger partial charge in [-0.25, -0.2) is 4.79 Å². The van der Waals surface area contributed by atoms with Gasteiger partial charge in [-0.2, -0.15) is 0 Å². The van der Waals surface area contributed by atoms with Crippen molar-refractivity contribution in [1.29, 1.82) is 0 Å². The SMILES string of the molecule is O=C(CCNC1CC1)NC(Cc1ccccc1)C(=O)O. The van der Waals surface area contributed by atoms with Crippen LogP contribution in [-0.2, 0) is 16.0 Å². The van der Waals surface area contributed by atoms with Crippen molar-refractivity contribution >= 4 is 11.9 Å². The first kappa shape index (κ1) is 14.5. The minimum absolute atomic E-state index is 0.221. The molecule has 1 saturated carbocycles. The van der Waals surface area contributed by atoms with Gasteiger partial charge in [0.25, 0.3) is 0 Å². The molecule has 0 heterocycles. The number of carboxylic acids is 1. The molecule has 1 fully saturated rings. The van der Waals surface area contributed by atoms with Gasteiger partial charge in [-0.15, -0.1) is 0 Å². The van der Waals surface area contributed by atoms with Gasteiger partial charge in [-0.05, 0) is 18.4 Å². The third-order valence-corrected chi connectivity index (χ3v) is 3.28. The molecule has 0 spiro atoms. The van der Waals surface area contributed by atoms with Crippen LogP contribution in [-0.4, -0.2) is 35.6 Å². The fourth-order valence-corrected chi connectivity index (χ4v) is 1.99. The van der Waals surface area contributed by atoms with E-state index in [2.05, 4.69) is 10.6 Å². The van der Waals surface area contributed by atoms with Gasteiger partial charge < -0.3 is 15.7 Å². The summed E-state index contributed by atoms with van der Waals surface area (Å²) in [6.07, 6.45) is 2.97. The molecule has 1 atom stereocenters. The second-order valence-electron chi connectivity index (χ2n) is 5.13. The normalized spacial score (nSPS) is 15.6. The predicted octanol–water partition coefficient (Wildman–Crippen LogP) is 0.941. The van der Waals surface area contributed by atoms with Crippen LogP contribution < -0.4 is 10.6 Å². The third-order valence-electron chi connectivity index (χ3n) is 3.28. The Hall–Kier alpha value is -1.88. The minimum atomic E-state index is -1.00. The van der Waals surface area contributed by atoms with Crippen molar-refractivity contribution in [3.63, 3.8) is 0 Å². The molecule has 20 heavy (non-hydrogen) atoms. The van der Waals surface area contributed by atoms with Gasteiger partial charge in [0.1, 0.15) is 6.04 Å². The van der Waals surface area contributed by atoms with Crippen LogP contribution in [0.5, 0.6) is 0 Å². The van der Waals surface area contributed by atoms with Crippen molar-refractivity contribution in [3.05, 3.63) is 35.9 Å². The molecule has 1 aromatic carbocycles. The average molecular weight is 276 g/mol. The quantitative estimate of drug-likeness (QED) is 0.660. The van der Waals surface area contributed by atoms with Gasteiger partial charge in [0.2, 0.25) is 5.91 Å². The molecule has 5 heteroatoms. The van der Waals surface area contributed by atoms with Crippen LogP contribution in [0.25, 0.3) is 0 Å². The lowest BCUT2D eigenvalue weighted by Gasteiger charge is -2.14. The molecule has 1 unspecified atom stereocenters. The predicted molar refractivity (Wildman–Crippen MR) is 75.4 cm³/mol. The first-order chi connectivity index (χ1) is 9.65. The van der Waals surface area contributed by atoms with Crippen LogP contribution in [0, 0.1) is 0 Å². The fourth-order valence-electron chi connectivity index (χ4n) is 1.99. The largest absolute Gasteiger partial charge is 0.480 e. The lowest BCUT2D eigenvalue weighted by Crippen LogP contribution is -2.43. The summed E-state index contributed by atoms with van der Waals surface area (Å²) < 4.78 is 0. The first-order valence-electron chi connectivity index (χ1n) is 6.94. The smallest absolute Gasteiger partial charge is 0.326 e. The minimum Gasteiger partial charge on any atom is -0.480 e. The highest BCUT2D eigenvalue weighted by atomic mass is 16.4. The Morgan fingerprint density at radius 1 is 1.25 bits per heavy atom. The zero-order chi connectivity index (χ0) is 14.4.